The molecule has 0 bridgehead atoms. The molecule has 4 nitrogen and oxygen atoms in total. The Bertz CT molecular complexity index is 419. The summed E-state index contributed by atoms with van der Waals surface area (Å²) in [7, 11) is 1.61. The highest BCUT2D eigenvalue weighted by Gasteiger charge is 2.31. The van der Waals surface area contributed by atoms with Crippen molar-refractivity contribution in [2.45, 2.75) is 25.8 Å². The molecule has 0 aromatic carbocycles. The van der Waals surface area contributed by atoms with Crippen molar-refractivity contribution in [1.82, 2.24) is 4.90 Å². The van der Waals surface area contributed by atoms with Gasteiger partial charge in [-0.2, -0.15) is 0 Å². The van der Waals surface area contributed by atoms with E-state index in [-0.39, 0.29) is 11.9 Å². The molecule has 1 fully saturated rings. The summed E-state index contributed by atoms with van der Waals surface area (Å²) < 4.78 is 5.12. The van der Waals surface area contributed by atoms with Crippen LogP contribution >= 0.6 is 11.3 Å². The third kappa shape index (κ3) is 2.52. The first-order valence-electron chi connectivity index (χ1n) is 6.31. The fraction of sp³-hybridized carbons (Fsp3) is 0.615. The molecule has 1 saturated heterocycles. The maximum absolute atomic E-state index is 12.5. The van der Waals surface area contributed by atoms with E-state index in [4.69, 9.17) is 10.5 Å². The molecule has 2 rings (SSSR count). The molecular formula is C13H20N2O2S. The lowest BCUT2D eigenvalue weighted by Crippen LogP contribution is -2.51. The highest BCUT2D eigenvalue weighted by Crippen LogP contribution is 2.28. The number of carbonyl (C=O) groups is 1. The molecule has 1 aromatic rings. The van der Waals surface area contributed by atoms with Crippen molar-refractivity contribution in [3.63, 3.8) is 0 Å². The van der Waals surface area contributed by atoms with Crippen LogP contribution < -0.4 is 10.5 Å². The fourth-order valence-electron chi connectivity index (χ4n) is 2.54. The van der Waals surface area contributed by atoms with Crippen LogP contribution in [-0.4, -0.2) is 37.0 Å². The van der Waals surface area contributed by atoms with E-state index in [0.29, 0.717) is 12.5 Å². The van der Waals surface area contributed by atoms with Gasteiger partial charge in [0.15, 0.2) is 0 Å². The molecule has 1 aromatic heterocycles. The lowest BCUT2D eigenvalue weighted by molar-refractivity contribution is 0.0537. The van der Waals surface area contributed by atoms with E-state index >= 15 is 0 Å². The summed E-state index contributed by atoms with van der Waals surface area (Å²) >= 11 is 1.43. The summed E-state index contributed by atoms with van der Waals surface area (Å²) in [6.45, 7) is 3.52. The third-order valence-electron chi connectivity index (χ3n) is 3.64. The van der Waals surface area contributed by atoms with Crippen molar-refractivity contribution < 1.29 is 9.53 Å². The van der Waals surface area contributed by atoms with Gasteiger partial charge in [-0.15, -0.1) is 11.3 Å². The maximum atomic E-state index is 12.5. The molecule has 0 radical (unpaired) electrons. The molecule has 2 N–H and O–H groups in total. The van der Waals surface area contributed by atoms with Crippen molar-refractivity contribution in [2.24, 2.45) is 11.7 Å². The van der Waals surface area contributed by atoms with Crippen LogP contribution in [0, 0.1) is 5.92 Å². The SMILES string of the molecule is COc1csc(C(=O)N2CCC[C@@H](C)[C@@H]2CN)c1. The minimum Gasteiger partial charge on any atom is -0.496 e. The van der Waals surface area contributed by atoms with Gasteiger partial charge < -0.3 is 15.4 Å². The molecule has 2 heterocycles. The number of likely N-dealkylation sites (tertiary alicyclic amines) is 1. The number of hydrogen-bond acceptors (Lipinski definition) is 4. The number of piperidine rings is 1. The molecule has 100 valence electrons. The first-order chi connectivity index (χ1) is 8.67. The van der Waals surface area contributed by atoms with Crippen molar-refractivity contribution in [3.8, 4) is 5.75 Å². The maximum Gasteiger partial charge on any atom is 0.264 e. The van der Waals surface area contributed by atoms with Crippen LogP contribution in [0.2, 0.25) is 0 Å². The molecule has 1 aliphatic rings. The van der Waals surface area contributed by atoms with Crippen LogP contribution in [0.1, 0.15) is 29.4 Å². The number of nitrogens with zero attached hydrogens (tertiary/aromatic N) is 1. The van der Waals surface area contributed by atoms with E-state index in [1.165, 1.54) is 11.3 Å². The zero-order chi connectivity index (χ0) is 13.1. The van der Waals surface area contributed by atoms with Gasteiger partial charge in [0, 0.05) is 30.6 Å². The second kappa shape index (κ2) is 5.71. The Morgan fingerprint density at radius 1 is 1.67 bits per heavy atom. The van der Waals surface area contributed by atoms with Gasteiger partial charge in [0.2, 0.25) is 0 Å². The lowest BCUT2D eigenvalue weighted by Gasteiger charge is -2.39. The van der Waals surface area contributed by atoms with E-state index in [0.717, 1.165) is 30.0 Å². The molecule has 18 heavy (non-hydrogen) atoms. The summed E-state index contributed by atoms with van der Waals surface area (Å²) in [6.07, 6.45) is 2.21. The van der Waals surface area contributed by atoms with Gasteiger partial charge in [0.25, 0.3) is 5.91 Å². The monoisotopic (exact) mass is 268 g/mol. The van der Waals surface area contributed by atoms with Gasteiger partial charge in [0.05, 0.1) is 12.0 Å². The van der Waals surface area contributed by atoms with Gasteiger partial charge in [-0.25, -0.2) is 0 Å². The molecule has 0 saturated carbocycles. The van der Waals surface area contributed by atoms with Crippen LogP contribution in [0.3, 0.4) is 0 Å². The number of hydrogen-bond donors (Lipinski definition) is 1. The standard InChI is InChI=1S/C13H20N2O2S/c1-9-4-3-5-15(11(9)7-14)13(16)12-6-10(17-2)8-18-12/h6,8-9,11H,3-5,7,14H2,1-2H3/t9-,11+/m1/s1. The average molecular weight is 268 g/mol. The molecule has 2 atom stereocenters. The second-order valence-corrected chi connectivity index (χ2v) is 5.68. The quantitative estimate of drug-likeness (QED) is 0.911. The first kappa shape index (κ1) is 13.4. The lowest BCUT2D eigenvalue weighted by atomic mass is 9.90. The Hall–Kier alpha value is -1.07. The zero-order valence-corrected chi connectivity index (χ0v) is 11.7. The normalized spacial score (nSPS) is 24.1. The van der Waals surface area contributed by atoms with Gasteiger partial charge in [0.1, 0.15) is 5.75 Å². The third-order valence-corrected chi connectivity index (χ3v) is 4.54. The van der Waals surface area contributed by atoms with Crippen LogP contribution in [0.4, 0.5) is 0 Å². The zero-order valence-electron chi connectivity index (χ0n) is 10.9. The van der Waals surface area contributed by atoms with E-state index < -0.39 is 0 Å². The fourth-order valence-corrected chi connectivity index (χ4v) is 3.35. The number of methoxy groups -OCH3 is 1. The highest BCUT2D eigenvalue weighted by atomic mass is 32.1. The topological polar surface area (TPSA) is 55.6 Å². The van der Waals surface area contributed by atoms with E-state index in [9.17, 15) is 4.79 Å². The Labute approximate surface area is 112 Å². The number of rotatable bonds is 3. The number of thiophene rings is 1. The van der Waals surface area contributed by atoms with Gasteiger partial charge in [-0.1, -0.05) is 6.92 Å². The molecule has 5 heteroatoms. The first-order valence-corrected chi connectivity index (χ1v) is 7.19. The Balaban J connectivity index is 2.16. The van der Waals surface area contributed by atoms with E-state index in [1.54, 1.807) is 13.2 Å². The second-order valence-electron chi connectivity index (χ2n) is 4.77. The predicted molar refractivity (Wildman–Crippen MR) is 73.1 cm³/mol. The summed E-state index contributed by atoms with van der Waals surface area (Å²) in [6, 6.07) is 1.97. The van der Waals surface area contributed by atoms with Crippen LogP contribution in [0.25, 0.3) is 0 Å². The Morgan fingerprint density at radius 3 is 3.06 bits per heavy atom. The summed E-state index contributed by atoms with van der Waals surface area (Å²) in [5, 5.41) is 1.86. The minimum absolute atomic E-state index is 0.0882. The summed E-state index contributed by atoms with van der Waals surface area (Å²) in [5.41, 5.74) is 5.82. The Kier molecular flexibility index (Phi) is 4.24. The van der Waals surface area contributed by atoms with Crippen LogP contribution in [0.5, 0.6) is 5.75 Å². The average Bonchev–Trinajstić information content (AvgIpc) is 2.86. The molecule has 1 amide bonds. The summed E-state index contributed by atoms with van der Waals surface area (Å²) in [5.74, 6) is 1.32. The van der Waals surface area contributed by atoms with E-state index in [1.807, 2.05) is 10.3 Å². The molecule has 0 aliphatic carbocycles. The highest BCUT2D eigenvalue weighted by molar-refractivity contribution is 7.12. The predicted octanol–water partition coefficient (Wildman–Crippen LogP) is 1.96. The van der Waals surface area contributed by atoms with Gasteiger partial charge in [-0.3, -0.25) is 4.79 Å². The van der Waals surface area contributed by atoms with Gasteiger partial charge in [-0.05, 0) is 18.8 Å². The Morgan fingerprint density at radius 2 is 2.44 bits per heavy atom. The van der Waals surface area contributed by atoms with Gasteiger partial charge >= 0.3 is 0 Å². The van der Waals surface area contributed by atoms with Crippen LogP contribution in [-0.2, 0) is 0 Å². The molecular weight excluding hydrogens is 248 g/mol. The molecule has 1 aliphatic heterocycles. The van der Waals surface area contributed by atoms with Crippen molar-refractivity contribution in [1.29, 1.82) is 0 Å². The summed E-state index contributed by atoms with van der Waals surface area (Å²) in [4.78, 5) is 15.1. The van der Waals surface area contributed by atoms with E-state index in [2.05, 4.69) is 6.92 Å². The van der Waals surface area contributed by atoms with Crippen molar-refractivity contribution in [2.75, 3.05) is 20.2 Å². The van der Waals surface area contributed by atoms with Crippen LogP contribution in [0.15, 0.2) is 11.4 Å². The smallest absolute Gasteiger partial charge is 0.264 e. The minimum atomic E-state index is 0.0882. The molecule has 0 spiro atoms. The number of ether oxygens (including phenoxy) is 1. The van der Waals surface area contributed by atoms with Crippen molar-refractivity contribution >= 4 is 17.2 Å². The molecule has 0 unspecified atom stereocenters. The van der Waals surface area contributed by atoms with Crippen molar-refractivity contribution in [3.05, 3.63) is 16.3 Å². The number of amides is 1. The number of carbonyl (C=O) groups excluding carboxylic acids is 1. The largest absolute Gasteiger partial charge is 0.496 e. The number of nitrogens with two attached hydrogens (primary N) is 1.